The number of hydrogen-bond acceptors (Lipinski definition) is 3. The van der Waals surface area contributed by atoms with Crippen LogP contribution in [0, 0.1) is 0 Å². The number of amides is 3. The van der Waals surface area contributed by atoms with Crippen LogP contribution in [0.3, 0.4) is 0 Å². The molecule has 6 nitrogen and oxygen atoms in total. The van der Waals surface area contributed by atoms with Gasteiger partial charge in [-0.15, -0.1) is 0 Å². The quantitative estimate of drug-likeness (QED) is 0.591. The van der Waals surface area contributed by atoms with Crippen molar-refractivity contribution in [3.8, 4) is 11.1 Å². The molecule has 27 heavy (non-hydrogen) atoms. The molecule has 2 N–H and O–H groups in total. The Hall–Kier alpha value is -2.64. The van der Waals surface area contributed by atoms with Gasteiger partial charge in [0.25, 0.3) is 17.7 Å². The maximum absolute atomic E-state index is 12.6. The molecule has 0 spiro atoms. The van der Waals surface area contributed by atoms with E-state index in [-0.39, 0.29) is 17.0 Å². The lowest BCUT2D eigenvalue weighted by Gasteiger charge is -2.10. The molecule has 0 radical (unpaired) electrons. The molecule has 136 valence electrons. The first-order valence-electron chi connectivity index (χ1n) is 8.04. The second kappa shape index (κ2) is 6.21. The first-order chi connectivity index (χ1) is 12.9. The first kappa shape index (κ1) is 17.8. The van der Waals surface area contributed by atoms with E-state index in [9.17, 15) is 14.4 Å². The molecule has 4 rings (SSSR count). The van der Waals surface area contributed by atoms with Crippen LogP contribution in [-0.2, 0) is 7.05 Å². The average Bonchev–Trinajstić information content (AvgIpc) is 3.08. The Bertz CT molecular complexity index is 1180. The average molecular weight is 447 g/mol. The Morgan fingerprint density at radius 3 is 2.48 bits per heavy atom. The van der Waals surface area contributed by atoms with Gasteiger partial charge in [0.2, 0.25) is 0 Å². The lowest BCUT2D eigenvalue weighted by atomic mass is 9.94. The van der Waals surface area contributed by atoms with E-state index in [0.29, 0.717) is 37.2 Å². The summed E-state index contributed by atoms with van der Waals surface area (Å²) in [4.78, 5) is 37.4. The lowest BCUT2D eigenvalue weighted by molar-refractivity contribution is 0.0878. The minimum Gasteiger partial charge on any atom is -0.354 e. The Balaban J connectivity index is 2.20. The first-order valence-corrected chi connectivity index (χ1v) is 9.21. The van der Waals surface area contributed by atoms with Gasteiger partial charge in [0.05, 0.1) is 21.1 Å². The monoisotopic (exact) mass is 445 g/mol. The zero-order valence-electron chi connectivity index (χ0n) is 14.3. The molecule has 2 aromatic carbocycles. The van der Waals surface area contributed by atoms with E-state index in [1.165, 1.54) is 7.05 Å². The summed E-state index contributed by atoms with van der Waals surface area (Å²) < 4.78 is 2.15. The number of nitrogens with zero attached hydrogens (tertiary/aromatic N) is 1. The lowest BCUT2D eigenvalue weighted by Crippen LogP contribution is -2.21. The minimum absolute atomic E-state index is 0.241. The summed E-state index contributed by atoms with van der Waals surface area (Å²) in [6.45, 7) is 0. The van der Waals surface area contributed by atoms with Crippen molar-refractivity contribution in [2.24, 2.45) is 7.05 Å². The minimum atomic E-state index is -0.497. The van der Waals surface area contributed by atoms with Gasteiger partial charge in [-0.25, -0.2) is 0 Å². The van der Waals surface area contributed by atoms with E-state index in [4.69, 9.17) is 11.6 Å². The fourth-order valence-corrected chi connectivity index (χ4v) is 4.58. The van der Waals surface area contributed by atoms with Crippen LogP contribution in [0.2, 0.25) is 5.02 Å². The standard InChI is InChI=1S/C19H13BrClN3O3/c1-22-19(27)16-15(20)13-11(24(16)2)7-9(8-5-3-4-6-10(8)21)12-14(13)18(26)23-17(12)25/h3-7H,1-2H3,(H,22,27)(H,23,25,26). The van der Waals surface area contributed by atoms with E-state index in [1.54, 1.807) is 35.9 Å². The molecule has 1 aliphatic heterocycles. The van der Waals surface area contributed by atoms with Crippen LogP contribution in [-0.4, -0.2) is 29.3 Å². The highest BCUT2D eigenvalue weighted by Crippen LogP contribution is 2.42. The molecule has 3 amide bonds. The topological polar surface area (TPSA) is 80.2 Å². The van der Waals surface area contributed by atoms with Crippen molar-refractivity contribution in [1.29, 1.82) is 0 Å². The van der Waals surface area contributed by atoms with E-state index in [2.05, 4.69) is 26.6 Å². The van der Waals surface area contributed by atoms with Gasteiger partial charge in [-0.2, -0.15) is 0 Å². The highest BCUT2D eigenvalue weighted by molar-refractivity contribution is 9.10. The number of hydrogen-bond donors (Lipinski definition) is 2. The third-order valence-electron chi connectivity index (χ3n) is 4.72. The molecule has 1 aromatic heterocycles. The second-order valence-corrected chi connectivity index (χ2v) is 7.33. The van der Waals surface area contributed by atoms with Gasteiger partial charge in [-0.1, -0.05) is 29.8 Å². The van der Waals surface area contributed by atoms with Crippen molar-refractivity contribution >= 4 is 56.2 Å². The van der Waals surface area contributed by atoms with Crippen LogP contribution >= 0.6 is 27.5 Å². The van der Waals surface area contributed by atoms with Gasteiger partial charge in [-0.3, -0.25) is 19.7 Å². The fourth-order valence-electron chi connectivity index (χ4n) is 3.50. The zero-order chi connectivity index (χ0) is 19.5. The van der Waals surface area contributed by atoms with Gasteiger partial charge in [0.1, 0.15) is 5.69 Å². The summed E-state index contributed by atoms with van der Waals surface area (Å²) in [5.74, 6) is -1.29. The smallest absolute Gasteiger partial charge is 0.268 e. The van der Waals surface area contributed by atoms with Crippen LogP contribution < -0.4 is 10.6 Å². The van der Waals surface area contributed by atoms with E-state index >= 15 is 0 Å². The molecular formula is C19H13BrClN3O3. The summed E-state index contributed by atoms with van der Waals surface area (Å²) in [5.41, 5.74) is 2.68. The van der Waals surface area contributed by atoms with Crippen LogP contribution in [0.4, 0.5) is 0 Å². The molecule has 8 heteroatoms. The van der Waals surface area contributed by atoms with Crippen LogP contribution in [0.5, 0.6) is 0 Å². The Morgan fingerprint density at radius 2 is 1.81 bits per heavy atom. The Labute approximate surface area is 167 Å². The highest BCUT2D eigenvalue weighted by Gasteiger charge is 2.36. The van der Waals surface area contributed by atoms with Gasteiger partial charge in [0.15, 0.2) is 0 Å². The van der Waals surface area contributed by atoms with Crippen molar-refractivity contribution in [3.63, 3.8) is 0 Å². The predicted molar refractivity (Wildman–Crippen MR) is 106 cm³/mol. The largest absolute Gasteiger partial charge is 0.354 e. The summed E-state index contributed by atoms with van der Waals surface area (Å²) >= 11 is 9.79. The molecule has 0 saturated carbocycles. The molecule has 0 saturated heterocycles. The maximum Gasteiger partial charge on any atom is 0.268 e. The fraction of sp³-hybridized carbons (Fsp3) is 0.105. The molecule has 0 atom stereocenters. The number of aryl methyl sites for hydroxylation is 1. The van der Waals surface area contributed by atoms with Crippen molar-refractivity contribution in [1.82, 2.24) is 15.2 Å². The Morgan fingerprint density at radius 1 is 1.15 bits per heavy atom. The number of benzene rings is 2. The predicted octanol–water partition coefficient (Wildman–Crippen LogP) is 3.50. The molecule has 3 aromatic rings. The van der Waals surface area contributed by atoms with Crippen molar-refractivity contribution in [2.75, 3.05) is 7.05 Å². The number of carbonyl (C=O) groups is 3. The molecule has 0 fully saturated rings. The van der Waals surface area contributed by atoms with Gasteiger partial charge in [0, 0.05) is 30.1 Å². The number of imide groups is 1. The van der Waals surface area contributed by atoms with Gasteiger partial charge in [-0.05, 0) is 33.6 Å². The number of nitrogens with one attached hydrogen (secondary N) is 2. The van der Waals surface area contributed by atoms with Gasteiger partial charge >= 0.3 is 0 Å². The van der Waals surface area contributed by atoms with Crippen LogP contribution in [0.1, 0.15) is 31.2 Å². The third kappa shape index (κ3) is 2.42. The number of rotatable bonds is 2. The number of carbonyl (C=O) groups excluding carboxylic acids is 3. The summed E-state index contributed by atoms with van der Waals surface area (Å²) in [5, 5.41) is 5.92. The zero-order valence-corrected chi connectivity index (χ0v) is 16.7. The van der Waals surface area contributed by atoms with E-state index < -0.39 is 11.8 Å². The molecule has 0 bridgehead atoms. The third-order valence-corrected chi connectivity index (χ3v) is 5.82. The summed E-state index contributed by atoms with van der Waals surface area (Å²) in [6.07, 6.45) is 0. The number of aromatic nitrogens is 1. The van der Waals surface area contributed by atoms with Crippen LogP contribution in [0.15, 0.2) is 34.8 Å². The number of halogens is 2. The van der Waals surface area contributed by atoms with Crippen molar-refractivity contribution in [2.45, 2.75) is 0 Å². The summed E-state index contributed by atoms with van der Waals surface area (Å²) in [7, 11) is 3.26. The van der Waals surface area contributed by atoms with E-state index in [1.807, 2.05) is 6.07 Å². The van der Waals surface area contributed by atoms with Crippen molar-refractivity contribution < 1.29 is 14.4 Å². The van der Waals surface area contributed by atoms with Crippen LogP contribution in [0.25, 0.3) is 22.0 Å². The van der Waals surface area contributed by atoms with Crippen molar-refractivity contribution in [3.05, 3.63) is 56.6 Å². The summed E-state index contributed by atoms with van der Waals surface area (Å²) in [6, 6.07) is 8.89. The number of fused-ring (bicyclic) bond motifs is 3. The molecule has 0 aliphatic carbocycles. The molecular weight excluding hydrogens is 434 g/mol. The normalized spacial score (nSPS) is 13.0. The van der Waals surface area contributed by atoms with Gasteiger partial charge < -0.3 is 9.88 Å². The second-order valence-electron chi connectivity index (χ2n) is 6.13. The Kier molecular flexibility index (Phi) is 4.09. The SMILES string of the molecule is CNC(=O)c1c(Br)c2c3c(c(-c4ccccc4Cl)cc2n1C)C(=O)NC3=O. The molecule has 0 unspecified atom stereocenters. The highest BCUT2D eigenvalue weighted by atomic mass is 79.9. The molecule has 1 aliphatic rings. The molecule has 2 heterocycles. The maximum atomic E-state index is 12.6. The van der Waals surface area contributed by atoms with E-state index in [0.717, 1.165) is 0 Å².